The first-order chi connectivity index (χ1) is 11.5. The van der Waals surface area contributed by atoms with E-state index in [4.69, 9.17) is 26.5 Å². The number of oxime groups is 1. The normalized spacial score (nSPS) is 14.5. The summed E-state index contributed by atoms with van der Waals surface area (Å²) in [4.78, 5) is 43.4. The number of aromatic nitrogens is 1. The Hall–Kier alpha value is -2.73. The van der Waals surface area contributed by atoms with Gasteiger partial charge in [-0.1, -0.05) is 5.16 Å². The van der Waals surface area contributed by atoms with E-state index in [1.165, 1.54) is 26.2 Å². The standard InChI is InChI=1S/C13H19N5O6S/c1-5(14)7(10(20)21)17-9(19)8(6-4-25-12(15)16-6)18-24-13(2,3)11(22)23/h4-5,7H,14H2,1-3H3,(H2,15,16)(H,17,19)(H,20,21)(H,22,23)/b18-8-. The molecule has 0 fully saturated rings. The van der Waals surface area contributed by atoms with E-state index < -0.39 is 41.2 Å². The molecule has 0 saturated heterocycles. The van der Waals surface area contributed by atoms with Gasteiger partial charge in [0, 0.05) is 11.4 Å². The highest BCUT2D eigenvalue weighted by atomic mass is 32.1. The van der Waals surface area contributed by atoms with Gasteiger partial charge in [-0.3, -0.25) is 4.79 Å². The maximum Gasteiger partial charge on any atom is 0.350 e. The van der Waals surface area contributed by atoms with Crippen molar-refractivity contribution in [1.29, 1.82) is 0 Å². The molecule has 11 nitrogen and oxygen atoms in total. The molecule has 1 heterocycles. The summed E-state index contributed by atoms with van der Waals surface area (Å²) in [5, 5.41) is 25.4. The van der Waals surface area contributed by atoms with Crippen LogP contribution in [0.1, 0.15) is 26.5 Å². The number of nitrogen functional groups attached to an aromatic ring is 1. The van der Waals surface area contributed by atoms with Gasteiger partial charge < -0.3 is 31.8 Å². The van der Waals surface area contributed by atoms with Gasteiger partial charge in [-0.25, -0.2) is 14.6 Å². The van der Waals surface area contributed by atoms with Crippen LogP contribution in [0.4, 0.5) is 5.13 Å². The van der Waals surface area contributed by atoms with E-state index >= 15 is 0 Å². The summed E-state index contributed by atoms with van der Waals surface area (Å²) >= 11 is 1.01. The van der Waals surface area contributed by atoms with Crippen molar-refractivity contribution >= 4 is 40.0 Å². The molecule has 0 saturated carbocycles. The number of carbonyl (C=O) groups is 3. The van der Waals surface area contributed by atoms with Crippen LogP contribution >= 0.6 is 11.3 Å². The first-order valence-electron chi connectivity index (χ1n) is 6.96. The lowest BCUT2D eigenvalue weighted by molar-refractivity contribution is -0.161. The number of nitrogens with two attached hydrogens (primary N) is 2. The van der Waals surface area contributed by atoms with E-state index in [0.29, 0.717) is 0 Å². The highest BCUT2D eigenvalue weighted by Crippen LogP contribution is 2.15. The first-order valence-corrected chi connectivity index (χ1v) is 7.84. The second-order valence-corrected chi connectivity index (χ2v) is 6.46. The second kappa shape index (κ2) is 7.90. The largest absolute Gasteiger partial charge is 0.480 e. The number of hydrogen-bond acceptors (Lipinski definition) is 9. The predicted molar refractivity (Wildman–Crippen MR) is 89.1 cm³/mol. The number of aliphatic carboxylic acids is 2. The van der Waals surface area contributed by atoms with E-state index in [1.54, 1.807) is 0 Å². The van der Waals surface area contributed by atoms with E-state index in [0.717, 1.165) is 11.3 Å². The zero-order valence-corrected chi connectivity index (χ0v) is 14.5. The topological polar surface area (TPSA) is 190 Å². The molecule has 0 radical (unpaired) electrons. The van der Waals surface area contributed by atoms with Crippen LogP contribution in [0.3, 0.4) is 0 Å². The minimum absolute atomic E-state index is 0.00926. The Kier molecular flexibility index (Phi) is 6.42. The molecular weight excluding hydrogens is 354 g/mol. The number of nitrogens with zero attached hydrogens (tertiary/aromatic N) is 2. The molecule has 1 aromatic heterocycles. The fourth-order valence-electron chi connectivity index (χ4n) is 1.43. The summed E-state index contributed by atoms with van der Waals surface area (Å²) in [6.07, 6.45) is 0. The zero-order valence-electron chi connectivity index (χ0n) is 13.7. The zero-order chi connectivity index (χ0) is 19.4. The first kappa shape index (κ1) is 20.3. The van der Waals surface area contributed by atoms with Gasteiger partial charge in [0.05, 0.1) is 0 Å². The monoisotopic (exact) mass is 373 g/mol. The SMILES string of the molecule is CC(N)C(NC(=O)/C(=N\OC(C)(C)C(=O)O)c1csc(N)n1)C(=O)O. The molecule has 0 aromatic carbocycles. The molecule has 138 valence electrons. The van der Waals surface area contributed by atoms with Crippen molar-refractivity contribution in [3.63, 3.8) is 0 Å². The number of carboxylic acids is 2. The second-order valence-electron chi connectivity index (χ2n) is 5.57. The number of carbonyl (C=O) groups excluding carboxylic acids is 1. The van der Waals surface area contributed by atoms with Crippen LogP contribution in [0.25, 0.3) is 0 Å². The molecule has 1 rings (SSSR count). The van der Waals surface area contributed by atoms with Crippen LogP contribution in [-0.2, 0) is 19.2 Å². The van der Waals surface area contributed by atoms with Gasteiger partial charge in [0.25, 0.3) is 5.91 Å². The average molecular weight is 373 g/mol. The molecule has 1 amide bonds. The number of carboxylic acid groups (broad SMARTS) is 2. The molecule has 12 heteroatoms. The third-order valence-corrected chi connectivity index (χ3v) is 3.61. The molecule has 2 unspecified atom stereocenters. The van der Waals surface area contributed by atoms with Gasteiger partial charge in [0.2, 0.25) is 5.60 Å². The minimum Gasteiger partial charge on any atom is -0.480 e. The summed E-state index contributed by atoms with van der Waals surface area (Å²) in [6, 6.07) is -2.28. The van der Waals surface area contributed by atoms with Crippen LogP contribution in [0.15, 0.2) is 10.5 Å². The number of nitrogens with one attached hydrogen (secondary N) is 1. The third kappa shape index (κ3) is 5.39. The fourth-order valence-corrected chi connectivity index (χ4v) is 1.98. The Labute approximate surface area is 146 Å². The Morgan fingerprint density at radius 3 is 2.40 bits per heavy atom. The molecule has 2 atom stereocenters. The lowest BCUT2D eigenvalue weighted by Crippen LogP contribution is -2.53. The van der Waals surface area contributed by atoms with Crippen molar-refractivity contribution in [2.45, 2.75) is 38.5 Å². The lowest BCUT2D eigenvalue weighted by atomic mass is 10.1. The van der Waals surface area contributed by atoms with Crippen LogP contribution in [-0.4, -0.2) is 56.4 Å². The van der Waals surface area contributed by atoms with E-state index in [9.17, 15) is 14.4 Å². The van der Waals surface area contributed by atoms with Crippen LogP contribution < -0.4 is 16.8 Å². The smallest absolute Gasteiger partial charge is 0.350 e. The molecule has 0 aliphatic rings. The van der Waals surface area contributed by atoms with Crippen LogP contribution in [0.2, 0.25) is 0 Å². The molecule has 0 aliphatic heterocycles. The number of hydrogen-bond donors (Lipinski definition) is 5. The van der Waals surface area contributed by atoms with E-state index in [2.05, 4.69) is 15.5 Å². The summed E-state index contributed by atoms with van der Waals surface area (Å²) in [7, 11) is 0. The Balaban J connectivity index is 3.17. The number of rotatable bonds is 8. The van der Waals surface area contributed by atoms with Crippen molar-refractivity contribution in [3.8, 4) is 0 Å². The van der Waals surface area contributed by atoms with Crippen molar-refractivity contribution in [3.05, 3.63) is 11.1 Å². The van der Waals surface area contributed by atoms with Crippen molar-refractivity contribution in [1.82, 2.24) is 10.3 Å². The maximum absolute atomic E-state index is 12.4. The molecule has 0 bridgehead atoms. The molecular formula is C13H19N5O6S. The average Bonchev–Trinajstić information content (AvgIpc) is 2.90. The van der Waals surface area contributed by atoms with Crippen molar-refractivity contribution in [2.75, 3.05) is 5.73 Å². The summed E-state index contributed by atoms with van der Waals surface area (Å²) in [5.41, 5.74) is 8.92. The molecule has 25 heavy (non-hydrogen) atoms. The third-order valence-electron chi connectivity index (χ3n) is 2.94. The molecule has 0 spiro atoms. The summed E-state index contributed by atoms with van der Waals surface area (Å²) < 4.78 is 0. The van der Waals surface area contributed by atoms with Crippen molar-refractivity contribution < 1.29 is 29.4 Å². The van der Waals surface area contributed by atoms with Gasteiger partial charge in [-0.15, -0.1) is 11.3 Å². The van der Waals surface area contributed by atoms with Gasteiger partial charge in [0.1, 0.15) is 11.7 Å². The number of amides is 1. The van der Waals surface area contributed by atoms with Gasteiger partial charge in [0.15, 0.2) is 10.8 Å². The lowest BCUT2D eigenvalue weighted by Gasteiger charge is -2.19. The van der Waals surface area contributed by atoms with Crippen LogP contribution in [0, 0.1) is 0 Å². The van der Waals surface area contributed by atoms with Crippen molar-refractivity contribution in [2.24, 2.45) is 10.9 Å². The Bertz CT molecular complexity index is 699. The summed E-state index contributed by atoms with van der Waals surface area (Å²) in [6.45, 7) is 3.86. The molecule has 1 aromatic rings. The van der Waals surface area contributed by atoms with Gasteiger partial charge in [-0.05, 0) is 20.8 Å². The predicted octanol–water partition coefficient (Wildman–Crippen LogP) is -0.774. The molecule has 0 aliphatic carbocycles. The van der Waals surface area contributed by atoms with Gasteiger partial charge in [-0.2, -0.15) is 0 Å². The Morgan fingerprint density at radius 2 is 2.00 bits per heavy atom. The number of anilines is 1. The van der Waals surface area contributed by atoms with E-state index in [1.807, 2.05) is 0 Å². The quantitative estimate of drug-likeness (QED) is 0.287. The number of thiazole rings is 1. The Morgan fingerprint density at radius 1 is 1.40 bits per heavy atom. The minimum atomic E-state index is -1.72. The highest BCUT2D eigenvalue weighted by Gasteiger charge is 2.32. The van der Waals surface area contributed by atoms with Crippen LogP contribution in [0.5, 0.6) is 0 Å². The highest BCUT2D eigenvalue weighted by molar-refractivity contribution is 7.13. The molecule has 7 N–H and O–H groups in total. The maximum atomic E-state index is 12.4. The van der Waals surface area contributed by atoms with E-state index in [-0.39, 0.29) is 10.8 Å². The van der Waals surface area contributed by atoms with Gasteiger partial charge >= 0.3 is 11.9 Å². The fraction of sp³-hybridized carbons (Fsp3) is 0.462. The summed E-state index contributed by atoms with van der Waals surface area (Å²) in [5.74, 6) is -3.60.